The van der Waals surface area contributed by atoms with Gasteiger partial charge >= 0.3 is 0 Å². The number of unbranched alkanes of at least 4 members (excludes halogenated alkanes) is 3. The summed E-state index contributed by atoms with van der Waals surface area (Å²) in [5.41, 5.74) is 0.501. The second kappa shape index (κ2) is 5.74. The highest BCUT2D eigenvalue weighted by Crippen LogP contribution is 2.14. The number of halogens is 2. The molecule has 0 amide bonds. The maximum atomic E-state index is 13.1. The average Bonchev–Trinajstić information content (AvgIpc) is 2.19. The average molecular weight is 198 g/mol. The summed E-state index contributed by atoms with van der Waals surface area (Å²) in [5, 5.41) is 0. The van der Waals surface area contributed by atoms with Crippen LogP contribution in [0.2, 0.25) is 0 Å². The van der Waals surface area contributed by atoms with Gasteiger partial charge in [0.15, 0.2) is 11.6 Å². The smallest absolute Gasteiger partial charge is 0.162 e. The van der Waals surface area contributed by atoms with Crippen LogP contribution in [0.3, 0.4) is 0 Å². The molecular weight excluding hydrogens is 182 g/mol. The number of rotatable bonds is 5. The molecule has 78 valence electrons. The van der Waals surface area contributed by atoms with Gasteiger partial charge in [0.2, 0.25) is 0 Å². The van der Waals surface area contributed by atoms with Crippen LogP contribution in [0.4, 0.5) is 8.78 Å². The lowest BCUT2D eigenvalue weighted by Gasteiger charge is -2.03. The van der Waals surface area contributed by atoms with Crippen molar-refractivity contribution in [2.24, 2.45) is 0 Å². The lowest BCUT2D eigenvalue weighted by molar-refractivity contribution is 0.495. The number of benzene rings is 1. The molecule has 1 rings (SSSR count). The molecular formula is C12H16F2. The van der Waals surface area contributed by atoms with Crippen molar-refractivity contribution in [2.75, 3.05) is 0 Å². The van der Waals surface area contributed by atoms with E-state index in [1.54, 1.807) is 12.1 Å². The molecule has 0 fully saturated rings. The Morgan fingerprint density at radius 1 is 1.07 bits per heavy atom. The molecule has 0 spiro atoms. The second-order valence-corrected chi connectivity index (χ2v) is 3.52. The van der Waals surface area contributed by atoms with Crippen LogP contribution in [0.25, 0.3) is 0 Å². The summed E-state index contributed by atoms with van der Waals surface area (Å²) in [4.78, 5) is 0. The fourth-order valence-corrected chi connectivity index (χ4v) is 1.48. The summed E-state index contributed by atoms with van der Waals surface area (Å²) in [5.74, 6) is -1.41. The Hall–Kier alpha value is -0.920. The molecule has 0 heterocycles. The molecule has 1 aromatic rings. The molecule has 0 saturated carbocycles. The van der Waals surface area contributed by atoms with Crippen LogP contribution in [0.1, 0.15) is 38.2 Å². The van der Waals surface area contributed by atoms with Crippen LogP contribution >= 0.6 is 0 Å². The van der Waals surface area contributed by atoms with E-state index in [2.05, 4.69) is 6.92 Å². The second-order valence-electron chi connectivity index (χ2n) is 3.52. The summed E-state index contributed by atoms with van der Waals surface area (Å²) < 4.78 is 25.9. The highest BCUT2D eigenvalue weighted by atomic mass is 19.2. The standard InChI is InChI=1S/C12H16F2/c1-2-3-4-5-7-10-8-6-9-11(13)12(10)14/h6,8-9H,2-5,7H2,1H3. The predicted octanol–water partition coefficient (Wildman–Crippen LogP) is 4.09. The molecule has 1 aromatic carbocycles. The van der Waals surface area contributed by atoms with Crippen molar-refractivity contribution in [1.82, 2.24) is 0 Å². The van der Waals surface area contributed by atoms with Crippen molar-refractivity contribution in [2.45, 2.75) is 39.0 Å². The Kier molecular flexibility index (Phi) is 4.57. The third-order valence-electron chi connectivity index (χ3n) is 2.33. The first-order valence-electron chi connectivity index (χ1n) is 5.18. The third-order valence-corrected chi connectivity index (χ3v) is 2.33. The molecule has 0 aliphatic carbocycles. The van der Waals surface area contributed by atoms with Crippen molar-refractivity contribution in [1.29, 1.82) is 0 Å². The van der Waals surface area contributed by atoms with Gasteiger partial charge in [-0.15, -0.1) is 0 Å². The molecule has 0 bridgehead atoms. The van der Waals surface area contributed by atoms with Gasteiger partial charge in [-0.1, -0.05) is 38.3 Å². The van der Waals surface area contributed by atoms with E-state index in [-0.39, 0.29) is 0 Å². The molecule has 0 unspecified atom stereocenters. The van der Waals surface area contributed by atoms with Gasteiger partial charge < -0.3 is 0 Å². The van der Waals surface area contributed by atoms with Crippen molar-refractivity contribution in [3.05, 3.63) is 35.4 Å². The molecule has 14 heavy (non-hydrogen) atoms. The Morgan fingerprint density at radius 3 is 2.57 bits per heavy atom. The summed E-state index contributed by atoms with van der Waals surface area (Å²) >= 11 is 0. The monoisotopic (exact) mass is 198 g/mol. The number of hydrogen-bond acceptors (Lipinski definition) is 0. The van der Waals surface area contributed by atoms with Crippen molar-refractivity contribution in [3.63, 3.8) is 0 Å². The first kappa shape index (κ1) is 11.2. The van der Waals surface area contributed by atoms with Gasteiger partial charge in [-0.3, -0.25) is 0 Å². The lowest BCUT2D eigenvalue weighted by atomic mass is 10.1. The van der Waals surface area contributed by atoms with Crippen LogP contribution < -0.4 is 0 Å². The van der Waals surface area contributed by atoms with E-state index in [0.29, 0.717) is 12.0 Å². The first-order valence-corrected chi connectivity index (χ1v) is 5.18. The number of aryl methyl sites for hydroxylation is 1. The van der Waals surface area contributed by atoms with Crippen LogP contribution in [0.5, 0.6) is 0 Å². The van der Waals surface area contributed by atoms with Crippen molar-refractivity contribution in [3.8, 4) is 0 Å². The summed E-state index contributed by atoms with van der Waals surface area (Å²) in [6.45, 7) is 2.13. The minimum absolute atomic E-state index is 0.501. The molecule has 0 N–H and O–H groups in total. The van der Waals surface area contributed by atoms with E-state index in [9.17, 15) is 8.78 Å². The highest BCUT2D eigenvalue weighted by molar-refractivity contribution is 5.18. The molecule has 0 atom stereocenters. The van der Waals surface area contributed by atoms with Gasteiger partial charge in [0.05, 0.1) is 0 Å². The molecule has 0 aliphatic heterocycles. The van der Waals surface area contributed by atoms with E-state index < -0.39 is 11.6 Å². The maximum absolute atomic E-state index is 13.1. The summed E-state index contributed by atoms with van der Waals surface area (Å²) in [6.07, 6.45) is 4.99. The van der Waals surface area contributed by atoms with E-state index in [1.165, 1.54) is 0 Å². The van der Waals surface area contributed by atoms with Gasteiger partial charge in [-0.05, 0) is 24.5 Å². The first-order chi connectivity index (χ1) is 6.75. The molecule has 0 nitrogen and oxygen atoms in total. The zero-order chi connectivity index (χ0) is 10.4. The van der Waals surface area contributed by atoms with Crippen LogP contribution in [-0.4, -0.2) is 0 Å². The number of hydrogen-bond donors (Lipinski definition) is 0. The Balaban J connectivity index is 2.46. The molecule has 0 aromatic heterocycles. The van der Waals surface area contributed by atoms with Crippen LogP contribution in [0.15, 0.2) is 18.2 Å². The molecule has 2 heteroatoms. The van der Waals surface area contributed by atoms with Crippen molar-refractivity contribution >= 4 is 0 Å². The SMILES string of the molecule is CCCCCCc1cccc(F)c1F. The molecule has 0 aliphatic rings. The Morgan fingerprint density at radius 2 is 1.86 bits per heavy atom. The fraction of sp³-hybridized carbons (Fsp3) is 0.500. The van der Waals surface area contributed by atoms with Crippen molar-refractivity contribution < 1.29 is 8.78 Å². The van der Waals surface area contributed by atoms with Gasteiger partial charge in [0, 0.05) is 0 Å². The van der Waals surface area contributed by atoms with Gasteiger partial charge in [-0.2, -0.15) is 0 Å². The Labute approximate surface area is 84.0 Å². The summed E-state index contributed by atoms with van der Waals surface area (Å²) in [7, 11) is 0. The van der Waals surface area contributed by atoms with Gasteiger partial charge in [0.25, 0.3) is 0 Å². The zero-order valence-electron chi connectivity index (χ0n) is 8.52. The minimum atomic E-state index is -0.738. The fourth-order valence-electron chi connectivity index (χ4n) is 1.48. The Bertz CT molecular complexity index is 282. The normalized spacial score (nSPS) is 10.5. The highest BCUT2D eigenvalue weighted by Gasteiger charge is 2.06. The van der Waals surface area contributed by atoms with Crippen LogP contribution in [-0.2, 0) is 6.42 Å². The maximum Gasteiger partial charge on any atom is 0.162 e. The largest absolute Gasteiger partial charge is 0.204 e. The summed E-state index contributed by atoms with van der Waals surface area (Å²) in [6, 6.07) is 4.38. The van der Waals surface area contributed by atoms with E-state index in [1.807, 2.05) is 0 Å². The molecule has 0 radical (unpaired) electrons. The van der Waals surface area contributed by atoms with E-state index in [0.717, 1.165) is 31.7 Å². The van der Waals surface area contributed by atoms with E-state index in [4.69, 9.17) is 0 Å². The topological polar surface area (TPSA) is 0 Å². The zero-order valence-corrected chi connectivity index (χ0v) is 8.52. The van der Waals surface area contributed by atoms with Crippen LogP contribution in [0, 0.1) is 11.6 Å². The molecule has 0 saturated heterocycles. The minimum Gasteiger partial charge on any atom is -0.204 e. The van der Waals surface area contributed by atoms with E-state index >= 15 is 0 Å². The lowest BCUT2D eigenvalue weighted by Crippen LogP contribution is -1.94. The third kappa shape index (κ3) is 3.09. The predicted molar refractivity (Wildman–Crippen MR) is 54.2 cm³/mol. The van der Waals surface area contributed by atoms with Gasteiger partial charge in [-0.25, -0.2) is 8.78 Å². The van der Waals surface area contributed by atoms with Gasteiger partial charge in [0.1, 0.15) is 0 Å². The quantitative estimate of drug-likeness (QED) is 0.625.